The van der Waals surface area contributed by atoms with E-state index in [1.807, 2.05) is 0 Å². The van der Waals surface area contributed by atoms with Gasteiger partial charge in [0, 0.05) is 6.42 Å². The molecule has 0 fully saturated rings. The van der Waals surface area contributed by atoms with Gasteiger partial charge in [0.05, 0.1) is 11.9 Å². The minimum Gasteiger partial charge on any atom is -0.478 e. The fourth-order valence-corrected chi connectivity index (χ4v) is 0.954. The van der Waals surface area contributed by atoms with Crippen molar-refractivity contribution < 1.29 is 23.1 Å². The van der Waals surface area contributed by atoms with Crippen LogP contribution in [-0.4, -0.2) is 27.4 Å². The third kappa shape index (κ3) is 2.75. The van der Waals surface area contributed by atoms with E-state index in [4.69, 9.17) is 5.11 Å². The topological polar surface area (TPSA) is 66.0 Å². The number of hydrogen-bond donors (Lipinski definition) is 2. The van der Waals surface area contributed by atoms with Crippen LogP contribution in [0.5, 0.6) is 0 Å². The molecule has 1 aromatic heterocycles. The van der Waals surface area contributed by atoms with Gasteiger partial charge in [0.2, 0.25) is 0 Å². The maximum atomic E-state index is 11.8. The van der Waals surface area contributed by atoms with Gasteiger partial charge in [-0.05, 0) is 6.42 Å². The van der Waals surface area contributed by atoms with Crippen molar-refractivity contribution in [3.05, 3.63) is 17.5 Å². The van der Waals surface area contributed by atoms with E-state index in [0.29, 0.717) is 0 Å². The number of hydrogen-bond acceptors (Lipinski definition) is 2. The van der Waals surface area contributed by atoms with Crippen molar-refractivity contribution >= 4 is 5.97 Å². The van der Waals surface area contributed by atoms with Gasteiger partial charge in [0.1, 0.15) is 5.56 Å². The zero-order valence-electron chi connectivity index (χ0n) is 6.93. The standard InChI is InChI=1S/C7H7F3N2O2/c8-7(9,10)2-1-5-4(6(13)14)3-11-12-5/h3H,1-2H2,(H,11,12)(H,13,14). The smallest absolute Gasteiger partial charge is 0.389 e. The number of carboxylic acids is 1. The Morgan fingerprint density at radius 2 is 2.21 bits per heavy atom. The van der Waals surface area contributed by atoms with Gasteiger partial charge in [0.15, 0.2) is 0 Å². The van der Waals surface area contributed by atoms with Gasteiger partial charge in [-0.25, -0.2) is 4.79 Å². The molecule has 1 rings (SSSR count). The average molecular weight is 208 g/mol. The largest absolute Gasteiger partial charge is 0.478 e. The first-order valence-corrected chi connectivity index (χ1v) is 3.72. The van der Waals surface area contributed by atoms with Gasteiger partial charge >= 0.3 is 12.1 Å². The third-order valence-corrected chi connectivity index (χ3v) is 1.61. The van der Waals surface area contributed by atoms with Gasteiger partial charge in [-0.3, -0.25) is 5.10 Å². The molecule has 2 N–H and O–H groups in total. The molecular weight excluding hydrogens is 201 g/mol. The number of aromatic carboxylic acids is 1. The predicted molar refractivity (Wildman–Crippen MR) is 39.9 cm³/mol. The van der Waals surface area contributed by atoms with Crippen LogP contribution in [0.3, 0.4) is 0 Å². The SMILES string of the molecule is O=C(O)c1cn[nH]c1CCC(F)(F)F. The zero-order valence-corrected chi connectivity index (χ0v) is 6.93. The van der Waals surface area contributed by atoms with E-state index in [-0.39, 0.29) is 11.3 Å². The van der Waals surface area contributed by atoms with Gasteiger partial charge < -0.3 is 5.11 Å². The Kier molecular flexibility index (Phi) is 2.78. The third-order valence-electron chi connectivity index (χ3n) is 1.61. The van der Waals surface area contributed by atoms with Crippen molar-refractivity contribution in [2.45, 2.75) is 19.0 Å². The zero-order chi connectivity index (χ0) is 10.8. The molecule has 78 valence electrons. The van der Waals surface area contributed by atoms with E-state index in [9.17, 15) is 18.0 Å². The van der Waals surface area contributed by atoms with E-state index in [1.165, 1.54) is 0 Å². The summed E-state index contributed by atoms with van der Waals surface area (Å²) in [6.07, 6.45) is -4.75. The molecule has 0 bridgehead atoms. The fraction of sp³-hybridized carbons (Fsp3) is 0.429. The summed E-state index contributed by atoms with van der Waals surface area (Å²) in [6.45, 7) is 0. The molecule has 7 heteroatoms. The summed E-state index contributed by atoms with van der Waals surface area (Å²) in [4.78, 5) is 10.5. The molecule has 0 unspecified atom stereocenters. The maximum absolute atomic E-state index is 11.8. The second-order valence-corrected chi connectivity index (χ2v) is 2.68. The molecule has 0 aliphatic heterocycles. The lowest BCUT2D eigenvalue weighted by Crippen LogP contribution is -2.10. The molecule has 1 heterocycles. The summed E-state index contributed by atoms with van der Waals surface area (Å²) in [5.74, 6) is -1.28. The number of aryl methyl sites for hydroxylation is 1. The summed E-state index contributed by atoms with van der Waals surface area (Å²) in [5, 5.41) is 14.1. The van der Waals surface area contributed by atoms with Gasteiger partial charge in [-0.2, -0.15) is 18.3 Å². The Balaban J connectivity index is 2.68. The number of nitrogens with zero attached hydrogens (tertiary/aromatic N) is 1. The van der Waals surface area contributed by atoms with Crippen molar-refractivity contribution in [3.63, 3.8) is 0 Å². The number of alkyl halides is 3. The molecule has 0 saturated heterocycles. The van der Waals surface area contributed by atoms with Crippen LogP contribution in [0.2, 0.25) is 0 Å². The minimum atomic E-state index is -4.29. The first-order valence-electron chi connectivity index (χ1n) is 3.72. The minimum absolute atomic E-state index is 0.00479. The van der Waals surface area contributed by atoms with Crippen LogP contribution in [0.4, 0.5) is 13.2 Å². The highest BCUT2D eigenvalue weighted by Crippen LogP contribution is 2.22. The Hall–Kier alpha value is -1.53. The summed E-state index contributed by atoms with van der Waals surface area (Å²) < 4.78 is 35.4. The second kappa shape index (κ2) is 3.69. The molecule has 14 heavy (non-hydrogen) atoms. The van der Waals surface area contributed by atoms with Crippen molar-refractivity contribution in [2.75, 3.05) is 0 Å². The monoisotopic (exact) mass is 208 g/mol. The van der Waals surface area contributed by atoms with Crippen LogP contribution in [0, 0.1) is 0 Å². The Morgan fingerprint density at radius 1 is 1.57 bits per heavy atom. The van der Waals surface area contributed by atoms with Crippen LogP contribution in [-0.2, 0) is 6.42 Å². The van der Waals surface area contributed by atoms with Gasteiger partial charge in [-0.1, -0.05) is 0 Å². The lowest BCUT2D eigenvalue weighted by Gasteiger charge is -2.04. The second-order valence-electron chi connectivity index (χ2n) is 2.68. The lowest BCUT2D eigenvalue weighted by atomic mass is 10.1. The molecular formula is C7H7F3N2O2. The van der Waals surface area contributed by atoms with Crippen molar-refractivity contribution in [1.29, 1.82) is 0 Å². The lowest BCUT2D eigenvalue weighted by molar-refractivity contribution is -0.134. The molecule has 4 nitrogen and oxygen atoms in total. The number of aromatic nitrogens is 2. The average Bonchev–Trinajstić information content (AvgIpc) is 2.46. The molecule has 0 radical (unpaired) electrons. The number of carboxylic acid groups (broad SMARTS) is 1. The van der Waals surface area contributed by atoms with Gasteiger partial charge in [0.25, 0.3) is 0 Å². The van der Waals surface area contributed by atoms with Crippen LogP contribution >= 0.6 is 0 Å². The molecule has 0 atom stereocenters. The predicted octanol–water partition coefficient (Wildman–Crippen LogP) is 1.60. The molecule has 0 amide bonds. The highest BCUT2D eigenvalue weighted by Gasteiger charge is 2.27. The van der Waals surface area contributed by atoms with Gasteiger partial charge in [-0.15, -0.1) is 0 Å². The quantitative estimate of drug-likeness (QED) is 0.792. The summed E-state index contributed by atoms with van der Waals surface area (Å²) in [5.41, 5.74) is -0.218. The van der Waals surface area contributed by atoms with E-state index >= 15 is 0 Å². The Morgan fingerprint density at radius 3 is 2.71 bits per heavy atom. The van der Waals surface area contributed by atoms with Crippen LogP contribution < -0.4 is 0 Å². The molecule has 1 aromatic rings. The van der Waals surface area contributed by atoms with E-state index in [1.54, 1.807) is 0 Å². The highest BCUT2D eigenvalue weighted by molar-refractivity contribution is 5.88. The van der Waals surface area contributed by atoms with Crippen molar-refractivity contribution in [2.24, 2.45) is 0 Å². The summed E-state index contributed by atoms with van der Waals surface area (Å²) in [6, 6.07) is 0. The molecule has 0 aliphatic rings. The van der Waals surface area contributed by atoms with Crippen LogP contribution in [0.25, 0.3) is 0 Å². The van der Waals surface area contributed by atoms with E-state index < -0.39 is 25.0 Å². The summed E-state index contributed by atoms with van der Waals surface area (Å²) in [7, 11) is 0. The summed E-state index contributed by atoms with van der Waals surface area (Å²) >= 11 is 0. The normalized spacial score (nSPS) is 11.6. The number of aromatic amines is 1. The Bertz CT molecular complexity index is 332. The number of halogens is 3. The molecule has 0 spiro atoms. The van der Waals surface area contributed by atoms with Crippen molar-refractivity contribution in [3.8, 4) is 0 Å². The van der Waals surface area contributed by atoms with Crippen molar-refractivity contribution in [1.82, 2.24) is 10.2 Å². The number of carbonyl (C=O) groups is 1. The first-order chi connectivity index (χ1) is 6.40. The van der Waals surface area contributed by atoms with Crippen LogP contribution in [0.15, 0.2) is 6.20 Å². The molecule has 0 saturated carbocycles. The Labute approximate surface area is 76.7 Å². The maximum Gasteiger partial charge on any atom is 0.389 e. The number of rotatable bonds is 3. The van der Waals surface area contributed by atoms with E-state index in [0.717, 1.165) is 6.20 Å². The van der Waals surface area contributed by atoms with Crippen LogP contribution in [0.1, 0.15) is 22.5 Å². The molecule has 0 aliphatic carbocycles. The number of H-pyrrole nitrogens is 1. The highest BCUT2D eigenvalue weighted by atomic mass is 19.4. The number of nitrogens with one attached hydrogen (secondary N) is 1. The first kappa shape index (κ1) is 10.6. The fourth-order valence-electron chi connectivity index (χ4n) is 0.954. The molecule has 0 aromatic carbocycles. The van der Waals surface area contributed by atoms with E-state index in [2.05, 4.69) is 10.2 Å².